The number of hydrogen-bond donors (Lipinski definition) is 2. The molecule has 0 spiro atoms. The summed E-state index contributed by atoms with van der Waals surface area (Å²) in [4.78, 5) is 8.09. The third-order valence-corrected chi connectivity index (χ3v) is 2.82. The summed E-state index contributed by atoms with van der Waals surface area (Å²) in [5.41, 5.74) is 5.85. The van der Waals surface area contributed by atoms with E-state index in [0.717, 1.165) is 0 Å². The Morgan fingerprint density at radius 3 is 2.88 bits per heavy atom. The van der Waals surface area contributed by atoms with Crippen LogP contribution in [0.3, 0.4) is 0 Å². The van der Waals surface area contributed by atoms with E-state index in [9.17, 15) is 8.42 Å². The van der Waals surface area contributed by atoms with Gasteiger partial charge in [-0.3, -0.25) is 0 Å². The number of rotatable bonds is 5. The van der Waals surface area contributed by atoms with Crippen LogP contribution in [-0.2, 0) is 9.84 Å². The molecule has 0 saturated carbocycles. The number of anilines is 1. The number of hydrogen-bond acceptors (Lipinski definition) is 6. The maximum atomic E-state index is 10.9. The van der Waals surface area contributed by atoms with E-state index in [-0.39, 0.29) is 17.3 Å². The van der Waals surface area contributed by atoms with Gasteiger partial charge in [-0.25, -0.2) is 18.4 Å². The highest BCUT2D eigenvalue weighted by Crippen LogP contribution is 2.00. The van der Waals surface area contributed by atoms with E-state index in [1.165, 1.54) is 12.5 Å². The van der Waals surface area contributed by atoms with Crippen molar-refractivity contribution in [3.05, 3.63) is 18.0 Å². The van der Waals surface area contributed by atoms with E-state index in [1.807, 2.05) is 0 Å². The molecule has 0 aliphatic rings. The maximum absolute atomic E-state index is 10.9. The van der Waals surface area contributed by atoms with Crippen LogP contribution < -0.4 is 11.1 Å². The second-order valence-electron chi connectivity index (χ2n) is 3.19. The molecule has 0 amide bonds. The Hall–Kier alpha value is -1.28. The van der Waals surface area contributed by atoms with Gasteiger partial charge in [0.05, 0.1) is 5.75 Å². The van der Waals surface area contributed by atoms with Gasteiger partial charge in [0.15, 0.2) is 0 Å². The topological polar surface area (TPSA) is 98.0 Å². The van der Waals surface area contributed by atoms with Crippen LogP contribution in [0.15, 0.2) is 12.3 Å². The van der Waals surface area contributed by atoms with Gasteiger partial charge in [0, 0.05) is 19.0 Å². The minimum atomic E-state index is -2.99. The average Bonchev–Trinajstić information content (AvgIpc) is 2.16. The van der Waals surface area contributed by atoms with E-state index < -0.39 is 9.84 Å². The van der Waals surface area contributed by atoms with Crippen molar-refractivity contribution >= 4 is 33.0 Å². The van der Waals surface area contributed by atoms with Gasteiger partial charge in [0.1, 0.15) is 20.5 Å². The van der Waals surface area contributed by atoms with E-state index >= 15 is 0 Å². The zero-order valence-electron chi connectivity index (χ0n) is 8.67. The predicted octanol–water partition coefficient (Wildman–Crippen LogP) is -0.433. The monoisotopic (exact) mass is 260 g/mol. The predicted molar refractivity (Wildman–Crippen MR) is 66.1 cm³/mol. The molecule has 1 heterocycles. The van der Waals surface area contributed by atoms with Crippen molar-refractivity contribution in [1.82, 2.24) is 9.97 Å². The van der Waals surface area contributed by atoms with Crippen molar-refractivity contribution < 1.29 is 8.42 Å². The van der Waals surface area contributed by atoms with E-state index in [1.54, 1.807) is 6.07 Å². The Balaban J connectivity index is 2.61. The van der Waals surface area contributed by atoms with Gasteiger partial charge in [-0.2, -0.15) is 0 Å². The van der Waals surface area contributed by atoms with Crippen LogP contribution in [0.4, 0.5) is 5.95 Å². The van der Waals surface area contributed by atoms with E-state index in [0.29, 0.717) is 11.6 Å². The molecule has 1 aromatic heterocycles. The molecule has 6 nitrogen and oxygen atoms in total. The Kier molecular flexibility index (Phi) is 4.13. The fraction of sp³-hybridized carbons (Fsp3) is 0.375. The highest BCUT2D eigenvalue weighted by molar-refractivity contribution is 7.90. The molecule has 8 heteroatoms. The third-order valence-electron chi connectivity index (χ3n) is 1.66. The van der Waals surface area contributed by atoms with Gasteiger partial charge in [0.25, 0.3) is 0 Å². The lowest BCUT2D eigenvalue weighted by molar-refractivity contribution is 0.602. The average molecular weight is 260 g/mol. The molecule has 0 aliphatic carbocycles. The lowest BCUT2D eigenvalue weighted by Crippen LogP contribution is -2.17. The van der Waals surface area contributed by atoms with E-state index in [4.69, 9.17) is 18.0 Å². The van der Waals surface area contributed by atoms with Crippen molar-refractivity contribution in [3.63, 3.8) is 0 Å². The number of nitrogens with one attached hydrogen (secondary N) is 1. The number of thiocarbonyl (C=S) groups is 1. The standard InChI is InChI=1S/C8H12N4O2S2/c1-16(13,14)5-4-11-8-10-3-2-6(12-8)7(9)15/h2-3H,4-5H2,1H3,(H2,9,15)(H,10,11,12). The molecule has 88 valence electrons. The van der Waals surface area contributed by atoms with Gasteiger partial charge in [-0.1, -0.05) is 12.2 Å². The molecule has 3 N–H and O–H groups in total. The number of aromatic nitrogens is 2. The summed E-state index contributed by atoms with van der Waals surface area (Å²) in [6, 6.07) is 1.59. The summed E-state index contributed by atoms with van der Waals surface area (Å²) in [5, 5.41) is 2.78. The fourth-order valence-electron chi connectivity index (χ4n) is 0.929. The number of nitrogens with zero attached hydrogens (tertiary/aromatic N) is 2. The van der Waals surface area contributed by atoms with Crippen LogP contribution in [0.5, 0.6) is 0 Å². The SMILES string of the molecule is CS(=O)(=O)CCNc1nccc(C(N)=S)n1. The van der Waals surface area contributed by atoms with Gasteiger partial charge in [0.2, 0.25) is 5.95 Å². The lowest BCUT2D eigenvalue weighted by Gasteiger charge is -2.04. The smallest absolute Gasteiger partial charge is 0.223 e. The quantitative estimate of drug-likeness (QED) is 0.693. The van der Waals surface area contributed by atoms with Crippen molar-refractivity contribution in [2.45, 2.75) is 0 Å². The summed E-state index contributed by atoms with van der Waals surface area (Å²) < 4.78 is 21.8. The highest BCUT2D eigenvalue weighted by Gasteiger charge is 2.04. The second-order valence-corrected chi connectivity index (χ2v) is 5.89. The summed E-state index contributed by atoms with van der Waals surface area (Å²) >= 11 is 4.76. The first kappa shape index (κ1) is 12.8. The zero-order valence-corrected chi connectivity index (χ0v) is 10.3. The Morgan fingerprint density at radius 1 is 1.62 bits per heavy atom. The van der Waals surface area contributed by atoms with Crippen LogP contribution >= 0.6 is 12.2 Å². The minimum absolute atomic E-state index is 0.0215. The molecule has 0 fully saturated rings. The first-order valence-corrected chi connectivity index (χ1v) is 6.90. The molecule has 1 aromatic rings. The molecule has 0 saturated heterocycles. The molecule has 0 aromatic carbocycles. The molecule has 0 atom stereocenters. The van der Waals surface area contributed by atoms with Gasteiger partial charge >= 0.3 is 0 Å². The summed E-state index contributed by atoms with van der Waals surface area (Å²) in [7, 11) is -2.99. The summed E-state index contributed by atoms with van der Waals surface area (Å²) in [6.07, 6.45) is 2.67. The van der Waals surface area contributed by atoms with Crippen molar-refractivity contribution in [1.29, 1.82) is 0 Å². The van der Waals surface area contributed by atoms with Crippen molar-refractivity contribution in [2.75, 3.05) is 23.9 Å². The molecule has 0 unspecified atom stereocenters. The van der Waals surface area contributed by atoms with Crippen LogP contribution in [0.1, 0.15) is 5.69 Å². The van der Waals surface area contributed by atoms with Gasteiger partial charge in [-0.05, 0) is 6.07 Å². The summed E-state index contributed by atoms with van der Waals surface area (Å²) in [5.74, 6) is 0.335. The lowest BCUT2D eigenvalue weighted by atomic mass is 10.4. The van der Waals surface area contributed by atoms with Gasteiger partial charge < -0.3 is 11.1 Å². The fourth-order valence-corrected chi connectivity index (χ4v) is 1.52. The van der Waals surface area contributed by atoms with Crippen LogP contribution in [-0.4, -0.2) is 41.9 Å². The molecule has 0 radical (unpaired) electrons. The highest BCUT2D eigenvalue weighted by atomic mass is 32.2. The third kappa shape index (κ3) is 4.49. The van der Waals surface area contributed by atoms with Crippen molar-refractivity contribution in [2.24, 2.45) is 5.73 Å². The minimum Gasteiger partial charge on any atom is -0.388 e. The largest absolute Gasteiger partial charge is 0.388 e. The molecule has 1 rings (SSSR count). The molecular weight excluding hydrogens is 248 g/mol. The van der Waals surface area contributed by atoms with Crippen LogP contribution in [0.25, 0.3) is 0 Å². The van der Waals surface area contributed by atoms with E-state index in [2.05, 4.69) is 15.3 Å². The first-order chi connectivity index (χ1) is 7.38. The normalized spacial score (nSPS) is 11.1. The Morgan fingerprint density at radius 2 is 2.31 bits per heavy atom. The van der Waals surface area contributed by atoms with Crippen LogP contribution in [0, 0.1) is 0 Å². The van der Waals surface area contributed by atoms with Gasteiger partial charge in [-0.15, -0.1) is 0 Å². The number of sulfone groups is 1. The molecule has 16 heavy (non-hydrogen) atoms. The maximum Gasteiger partial charge on any atom is 0.223 e. The van der Waals surface area contributed by atoms with Crippen molar-refractivity contribution in [3.8, 4) is 0 Å². The zero-order chi connectivity index (χ0) is 12.2. The molecule has 0 aliphatic heterocycles. The molecule has 0 bridgehead atoms. The summed E-state index contributed by atoms with van der Waals surface area (Å²) in [6.45, 7) is 0.250. The first-order valence-electron chi connectivity index (χ1n) is 4.43. The molecular formula is C8H12N4O2S2. The second kappa shape index (κ2) is 5.17. The number of nitrogens with two attached hydrogens (primary N) is 1. The van der Waals surface area contributed by atoms with Crippen LogP contribution in [0.2, 0.25) is 0 Å². The Labute approximate surface area is 99.2 Å². The Bertz CT molecular complexity index is 487.